The summed E-state index contributed by atoms with van der Waals surface area (Å²) >= 11 is 0. The quantitative estimate of drug-likeness (QED) is 0.947. The standard InChI is InChI=1S/C18H17FN2O2/c1-12(22)20-16-8-4-6-13-9-10-21(18(13)16)17(23)11-14-5-2-3-7-15(14)19/h2-8H,9-11H2,1H3,(H,20,22). The molecule has 1 aliphatic heterocycles. The molecule has 0 radical (unpaired) electrons. The molecule has 0 aromatic heterocycles. The number of nitrogens with zero attached hydrogens (tertiary/aromatic N) is 1. The number of anilines is 2. The minimum Gasteiger partial charge on any atom is -0.325 e. The van der Waals surface area contributed by atoms with Crippen LogP contribution in [0.5, 0.6) is 0 Å². The number of fused-ring (bicyclic) bond motifs is 1. The molecule has 23 heavy (non-hydrogen) atoms. The van der Waals surface area contributed by atoms with Gasteiger partial charge in [-0.3, -0.25) is 9.59 Å². The Bertz CT molecular complexity index is 773. The van der Waals surface area contributed by atoms with Crippen LogP contribution < -0.4 is 10.2 Å². The van der Waals surface area contributed by atoms with Crippen molar-refractivity contribution in [1.29, 1.82) is 0 Å². The number of carbonyl (C=O) groups excluding carboxylic acids is 2. The van der Waals surface area contributed by atoms with Crippen molar-refractivity contribution < 1.29 is 14.0 Å². The van der Waals surface area contributed by atoms with Crippen molar-refractivity contribution in [1.82, 2.24) is 0 Å². The second kappa shape index (κ2) is 6.20. The summed E-state index contributed by atoms with van der Waals surface area (Å²) in [5, 5.41) is 2.76. The van der Waals surface area contributed by atoms with Crippen molar-refractivity contribution in [2.45, 2.75) is 19.8 Å². The smallest absolute Gasteiger partial charge is 0.231 e. The number of halogens is 1. The third kappa shape index (κ3) is 3.08. The number of benzene rings is 2. The zero-order chi connectivity index (χ0) is 16.4. The summed E-state index contributed by atoms with van der Waals surface area (Å²) in [6, 6.07) is 11.9. The first-order valence-electron chi connectivity index (χ1n) is 7.49. The number of rotatable bonds is 3. The van der Waals surface area contributed by atoms with E-state index < -0.39 is 0 Å². The van der Waals surface area contributed by atoms with E-state index in [2.05, 4.69) is 5.32 Å². The van der Waals surface area contributed by atoms with Crippen LogP contribution in [0.3, 0.4) is 0 Å². The maximum atomic E-state index is 13.8. The van der Waals surface area contributed by atoms with Crippen LogP contribution in [0.2, 0.25) is 0 Å². The molecule has 0 fully saturated rings. The molecule has 2 aromatic carbocycles. The Morgan fingerprint density at radius 2 is 1.96 bits per heavy atom. The fraction of sp³-hybridized carbons (Fsp3) is 0.222. The van der Waals surface area contributed by atoms with Gasteiger partial charge < -0.3 is 10.2 Å². The van der Waals surface area contributed by atoms with Crippen molar-refractivity contribution >= 4 is 23.2 Å². The largest absolute Gasteiger partial charge is 0.325 e. The zero-order valence-electron chi connectivity index (χ0n) is 12.8. The summed E-state index contributed by atoms with van der Waals surface area (Å²) in [6.07, 6.45) is 0.728. The molecule has 0 saturated carbocycles. The molecule has 118 valence electrons. The van der Waals surface area contributed by atoms with Gasteiger partial charge in [-0.25, -0.2) is 4.39 Å². The molecule has 3 rings (SSSR count). The Labute approximate surface area is 133 Å². The molecule has 5 heteroatoms. The van der Waals surface area contributed by atoms with Gasteiger partial charge in [-0.15, -0.1) is 0 Å². The summed E-state index contributed by atoms with van der Waals surface area (Å²) in [7, 11) is 0. The van der Waals surface area contributed by atoms with Gasteiger partial charge in [-0.2, -0.15) is 0 Å². The minimum absolute atomic E-state index is 0.000515. The van der Waals surface area contributed by atoms with E-state index >= 15 is 0 Å². The maximum absolute atomic E-state index is 13.8. The van der Waals surface area contributed by atoms with Crippen LogP contribution in [0.1, 0.15) is 18.1 Å². The highest BCUT2D eigenvalue weighted by molar-refractivity contribution is 6.03. The van der Waals surface area contributed by atoms with Crippen molar-refractivity contribution in [3.8, 4) is 0 Å². The van der Waals surface area contributed by atoms with Gasteiger partial charge in [0.15, 0.2) is 0 Å². The van der Waals surface area contributed by atoms with Crippen LogP contribution in [0.15, 0.2) is 42.5 Å². The van der Waals surface area contributed by atoms with Gasteiger partial charge in [0.05, 0.1) is 17.8 Å². The average molecular weight is 312 g/mol. The molecule has 1 heterocycles. The molecule has 0 atom stereocenters. The Morgan fingerprint density at radius 3 is 2.70 bits per heavy atom. The normalized spacial score (nSPS) is 12.9. The second-order valence-electron chi connectivity index (χ2n) is 5.56. The lowest BCUT2D eigenvalue weighted by molar-refractivity contribution is -0.118. The number of hydrogen-bond donors (Lipinski definition) is 1. The van der Waals surface area contributed by atoms with E-state index in [1.54, 1.807) is 29.2 Å². The molecule has 0 spiro atoms. The molecule has 0 bridgehead atoms. The predicted octanol–water partition coefficient (Wildman–Crippen LogP) is 2.92. The number of hydrogen-bond acceptors (Lipinski definition) is 2. The first-order chi connectivity index (χ1) is 11.1. The fourth-order valence-corrected chi connectivity index (χ4v) is 2.90. The molecular weight excluding hydrogens is 295 g/mol. The van der Waals surface area contributed by atoms with Gasteiger partial charge in [0.25, 0.3) is 0 Å². The number of amides is 2. The van der Waals surface area contributed by atoms with Crippen molar-refractivity contribution in [3.05, 3.63) is 59.4 Å². The van der Waals surface area contributed by atoms with Gasteiger partial charge in [-0.05, 0) is 29.7 Å². The predicted molar refractivity (Wildman–Crippen MR) is 86.9 cm³/mol. The van der Waals surface area contributed by atoms with Gasteiger partial charge in [0.1, 0.15) is 5.82 Å². The van der Waals surface area contributed by atoms with Crippen LogP contribution in [0.25, 0.3) is 0 Å². The molecule has 1 aliphatic rings. The van der Waals surface area contributed by atoms with E-state index in [4.69, 9.17) is 0 Å². The number of para-hydroxylation sites is 1. The SMILES string of the molecule is CC(=O)Nc1cccc2c1N(C(=O)Cc1ccccc1F)CC2. The monoisotopic (exact) mass is 312 g/mol. The van der Waals surface area contributed by atoms with E-state index in [9.17, 15) is 14.0 Å². The number of nitrogens with one attached hydrogen (secondary N) is 1. The summed E-state index contributed by atoms with van der Waals surface area (Å²) in [4.78, 5) is 25.6. The lowest BCUT2D eigenvalue weighted by atomic mass is 10.1. The van der Waals surface area contributed by atoms with Crippen LogP contribution in [0.4, 0.5) is 15.8 Å². The van der Waals surface area contributed by atoms with Gasteiger partial charge >= 0.3 is 0 Å². The molecule has 0 aliphatic carbocycles. The average Bonchev–Trinajstić information content (AvgIpc) is 2.94. The summed E-state index contributed by atoms with van der Waals surface area (Å²) < 4.78 is 13.8. The molecule has 2 amide bonds. The maximum Gasteiger partial charge on any atom is 0.231 e. The van der Waals surface area contributed by atoms with Gasteiger partial charge in [0.2, 0.25) is 11.8 Å². The second-order valence-corrected chi connectivity index (χ2v) is 5.56. The van der Waals surface area contributed by atoms with E-state index in [0.29, 0.717) is 17.8 Å². The lowest BCUT2D eigenvalue weighted by Crippen LogP contribution is -2.31. The van der Waals surface area contributed by atoms with Crippen molar-refractivity contribution in [2.75, 3.05) is 16.8 Å². The van der Waals surface area contributed by atoms with Crippen LogP contribution in [-0.4, -0.2) is 18.4 Å². The Kier molecular flexibility index (Phi) is 4.10. The number of carbonyl (C=O) groups is 2. The minimum atomic E-state index is -0.379. The molecular formula is C18H17FN2O2. The molecule has 2 aromatic rings. The van der Waals surface area contributed by atoms with E-state index in [0.717, 1.165) is 17.7 Å². The van der Waals surface area contributed by atoms with Crippen LogP contribution >= 0.6 is 0 Å². The topological polar surface area (TPSA) is 49.4 Å². The van der Waals surface area contributed by atoms with Crippen molar-refractivity contribution in [2.24, 2.45) is 0 Å². The Morgan fingerprint density at radius 1 is 1.17 bits per heavy atom. The first kappa shape index (κ1) is 15.2. The Balaban J connectivity index is 1.88. The van der Waals surface area contributed by atoms with E-state index in [-0.39, 0.29) is 24.1 Å². The summed E-state index contributed by atoms with van der Waals surface area (Å²) in [5.41, 5.74) is 2.74. The summed E-state index contributed by atoms with van der Waals surface area (Å²) in [6.45, 7) is 1.97. The van der Waals surface area contributed by atoms with Crippen LogP contribution in [0, 0.1) is 5.82 Å². The van der Waals surface area contributed by atoms with E-state index in [1.165, 1.54) is 13.0 Å². The zero-order valence-corrected chi connectivity index (χ0v) is 12.8. The molecule has 4 nitrogen and oxygen atoms in total. The highest BCUT2D eigenvalue weighted by Gasteiger charge is 2.27. The van der Waals surface area contributed by atoms with E-state index in [1.807, 2.05) is 12.1 Å². The fourth-order valence-electron chi connectivity index (χ4n) is 2.90. The van der Waals surface area contributed by atoms with Gasteiger partial charge in [0, 0.05) is 13.5 Å². The van der Waals surface area contributed by atoms with Gasteiger partial charge in [-0.1, -0.05) is 30.3 Å². The lowest BCUT2D eigenvalue weighted by Gasteiger charge is -2.20. The molecule has 0 unspecified atom stereocenters. The molecule has 0 saturated heterocycles. The third-order valence-corrected chi connectivity index (χ3v) is 3.91. The summed E-state index contributed by atoms with van der Waals surface area (Å²) in [5.74, 6) is -0.742. The highest BCUT2D eigenvalue weighted by atomic mass is 19.1. The molecule has 1 N–H and O–H groups in total. The first-order valence-corrected chi connectivity index (χ1v) is 7.49. The van der Waals surface area contributed by atoms with Crippen LogP contribution in [-0.2, 0) is 22.4 Å². The highest BCUT2D eigenvalue weighted by Crippen LogP contribution is 2.36. The van der Waals surface area contributed by atoms with Crippen molar-refractivity contribution in [3.63, 3.8) is 0 Å². The third-order valence-electron chi connectivity index (χ3n) is 3.91. The Hall–Kier alpha value is -2.69.